The standard InChI is InChI=1S/C23H30N4O3S2/c1-7-8-26-20(25-11-14(4)30-15(5)12-25)17(16(6)18(10-24)21(26)28)9-19-22(29)27(13(2)3)23(31)32-19/h9,13-15H,7-8,11-12H2,1-6H3/b19-9+. The highest BCUT2D eigenvalue weighted by Crippen LogP contribution is 2.37. The van der Waals surface area contributed by atoms with Crippen LogP contribution in [0.2, 0.25) is 0 Å². The number of hydrogen-bond acceptors (Lipinski definition) is 7. The molecule has 0 bridgehead atoms. The van der Waals surface area contributed by atoms with Gasteiger partial charge in [-0.2, -0.15) is 5.26 Å². The Kier molecular flexibility index (Phi) is 7.48. The Balaban J connectivity index is 2.28. The van der Waals surface area contributed by atoms with Gasteiger partial charge in [0.2, 0.25) is 0 Å². The zero-order valence-electron chi connectivity index (χ0n) is 19.5. The molecule has 2 atom stereocenters. The minimum atomic E-state index is -0.291. The van der Waals surface area contributed by atoms with Crippen molar-refractivity contribution in [2.24, 2.45) is 0 Å². The van der Waals surface area contributed by atoms with Gasteiger partial charge in [0.25, 0.3) is 11.5 Å². The van der Waals surface area contributed by atoms with Gasteiger partial charge in [0.1, 0.15) is 21.8 Å². The average molecular weight is 475 g/mol. The summed E-state index contributed by atoms with van der Waals surface area (Å²) in [5, 5.41) is 9.75. The molecule has 172 valence electrons. The highest BCUT2D eigenvalue weighted by Gasteiger charge is 2.35. The van der Waals surface area contributed by atoms with E-state index in [1.807, 2.05) is 40.7 Å². The van der Waals surface area contributed by atoms with Crippen LogP contribution in [0.4, 0.5) is 5.82 Å². The van der Waals surface area contributed by atoms with Gasteiger partial charge >= 0.3 is 0 Å². The molecule has 3 rings (SSSR count). The zero-order valence-corrected chi connectivity index (χ0v) is 21.1. The summed E-state index contributed by atoms with van der Waals surface area (Å²) in [7, 11) is 0. The van der Waals surface area contributed by atoms with Crippen molar-refractivity contribution in [3.63, 3.8) is 0 Å². The lowest BCUT2D eigenvalue weighted by Gasteiger charge is -2.39. The maximum absolute atomic E-state index is 13.2. The molecular formula is C23H30N4O3S2. The van der Waals surface area contributed by atoms with E-state index in [0.29, 0.717) is 34.4 Å². The Bertz CT molecular complexity index is 1060. The van der Waals surface area contributed by atoms with E-state index in [4.69, 9.17) is 17.0 Å². The van der Waals surface area contributed by atoms with Crippen molar-refractivity contribution in [2.75, 3.05) is 18.0 Å². The van der Waals surface area contributed by atoms with Crippen molar-refractivity contribution in [3.05, 3.63) is 31.9 Å². The first kappa shape index (κ1) is 24.5. The van der Waals surface area contributed by atoms with Gasteiger partial charge in [0.05, 0.1) is 17.1 Å². The first-order valence-corrected chi connectivity index (χ1v) is 12.2. The molecule has 3 heterocycles. The van der Waals surface area contributed by atoms with Gasteiger partial charge in [-0.15, -0.1) is 0 Å². The number of amides is 1. The van der Waals surface area contributed by atoms with E-state index >= 15 is 0 Å². The molecule has 0 saturated carbocycles. The highest BCUT2D eigenvalue weighted by atomic mass is 32.2. The van der Waals surface area contributed by atoms with Crippen molar-refractivity contribution >= 4 is 46.1 Å². The van der Waals surface area contributed by atoms with Crippen LogP contribution < -0.4 is 10.5 Å². The number of thiocarbonyl (C=S) groups is 1. The summed E-state index contributed by atoms with van der Waals surface area (Å²) >= 11 is 6.70. The minimum Gasteiger partial charge on any atom is -0.372 e. The van der Waals surface area contributed by atoms with Crippen LogP contribution in [0, 0.1) is 18.3 Å². The molecule has 0 spiro atoms. The Morgan fingerprint density at radius 2 is 1.91 bits per heavy atom. The third-order valence-electron chi connectivity index (χ3n) is 5.63. The second-order valence-corrected chi connectivity index (χ2v) is 10.3. The molecular weight excluding hydrogens is 444 g/mol. The van der Waals surface area contributed by atoms with Crippen LogP contribution >= 0.6 is 24.0 Å². The lowest BCUT2D eigenvalue weighted by Crippen LogP contribution is -2.48. The van der Waals surface area contributed by atoms with Gasteiger partial charge in [-0.3, -0.25) is 19.1 Å². The topological polar surface area (TPSA) is 78.6 Å². The van der Waals surface area contributed by atoms with E-state index in [1.54, 1.807) is 16.4 Å². The number of thioether (sulfide) groups is 1. The predicted molar refractivity (Wildman–Crippen MR) is 133 cm³/mol. The SMILES string of the molecule is CCCn1c(N2CC(C)OC(C)C2)c(/C=C2/SC(=S)N(C(C)C)C2=O)c(C)c(C#N)c1=O. The Hall–Kier alpha value is -2.15. The summed E-state index contributed by atoms with van der Waals surface area (Å²) in [5.74, 6) is 0.598. The fraction of sp³-hybridized carbons (Fsp3) is 0.565. The van der Waals surface area contributed by atoms with Gasteiger partial charge in [-0.1, -0.05) is 30.9 Å². The quantitative estimate of drug-likeness (QED) is 0.476. The molecule has 1 aromatic rings. The number of nitrogens with zero attached hydrogens (tertiary/aromatic N) is 4. The second kappa shape index (κ2) is 9.77. The van der Waals surface area contributed by atoms with Crippen molar-refractivity contribution in [1.29, 1.82) is 5.26 Å². The third-order valence-corrected chi connectivity index (χ3v) is 6.96. The number of carbonyl (C=O) groups is 1. The average Bonchev–Trinajstić information content (AvgIpc) is 2.98. The maximum Gasteiger partial charge on any atom is 0.270 e. The summed E-state index contributed by atoms with van der Waals surface area (Å²) in [4.78, 5) is 30.6. The zero-order chi connectivity index (χ0) is 23.7. The van der Waals surface area contributed by atoms with Gasteiger partial charge in [-0.25, -0.2) is 0 Å². The molecule has 7 nitrogen and oxygen atoms in total. The molecule has 0 radical (unpaired) electrons. The van der Waals surface area contributed by atoms with Crippen molar-refractivity contribution in [1.82, 2.24) is 9.47 Å². The fourth-order valence-electron chi connectivity index (χ4n) is 4.32. The number of morpholine rings is 1. The van der Waals surface area contributed by atoms with E-state index in [-0.39, 0.29) is 35.3 Å². The van der Waals surface area contributed by atoms with Crippen LogP contribution in [-0.4, -0.2) is 51.0 Å². The van der Waals surface area contributed by atoms with Crippen molar-refractivity contribution in [2.45, 2.75) is 72.8 Å². The van der Waals surface area contributed by atoms with Gasteiger partial charge < -0.3 is 9.64 Å². The van der Waals surface area contributed by atoms with E-state index in [2.05, 4.69) is 11.0 Å². The van der Waals surface area contributed by atoms with Crippen molar-refractivity contribution < 1.29 is 9.53 Å². The van der Waals surface area contributed by atoms with Gasteiger partial charge in [0.15, 0.2) is 0 Å². The smallest absolute Gasteiger partial charge is 0.270 e. The van der Waals surface area contributed by atoms with Crippen LogP contribution in [0.15, 0.2) is 9.70 Å². The lowest BCUT2D eigenvalue weighted by molar-refractivity contribution is -0.123. The molecule has 32 heavy (non-hydrogen) atoms. The van der Waals surface area contributed by atoms with Gasteiger partial charge in [-0.05, 0) is 52.7 Å². The van der Waals surface area contributed by atoms with Crippen molar-refractivity contribution in [3.8, 4) is 6.07 Å². The monoisotopic (exact) mass is 474 g/mol. The largest absolute Gasteiger partial charge is 0.372 e. The van der Waals surface area contributed by atoms with Crippen LogP contribution in [-0.2, 0) is 16.1 Å². The first-order valence-electron chi connectivity index (χ1n) is 11.0. The second-order valence-electron chi connectivity index (χ2n) is 8.61. The molecule has 1 amide bonds. The summed E-state index contributed by atoms with van der Waals surface area (Å²) in [5.41, 5.74) is 1.13. The van der Waals surface area contributed by atoms with E-state index < -0.39 is 0 Å². The van der Waals surface area contributed by atoms with Crippen LogP contribution in [0.5, 0.6) is 0 Å². The number of ether oxygens (including phenoxy) is 1. The van der Waals surface area contributed by atoms with E-state index in [0.717, 1.165) is 17.8 Å². The number of rotatable bonds is 5. The predicted octanol–water partition coefficient (Wildman–Crippen LogP) is 3.66. The maximum atomic E-state index is 13.2. The summed E-state index contributed by atoms with van der Waals surface area (Å²) in [6.07, 6.45) is 2.54. The normalized spacial score (nSPS) is 22.9. The Labute approximate surface area is 199 Å². The number of aromatic nitrogens is 1. The molecule has 0 aliphatic carbocycles. The molecule has 2 unspecified atom stereocenters. The summed E-state index contributed by atoms with van der Waals surface area (Å²) < 4.78 is 8.11. The Morgan fingerprint density at radius 3 is 2.41 bits per heavy atom. The highest BCUT2D eigenvalue weighted by molar-refractivity contribution is 8.26. The Morgan fingerprint density at radius 1 is 1.28 bits per heavy atom. The summed E-state index contributed by atoms with van der Waals surface area (Å²) in [6.45, 7) is 13.4. The number of hydrogen-bond donors (Lipinski definition) is 0. The molecule has 0 aromatic carbocycles. The number of carbonyl (C=O) groups excluding carboxylic acids is 1. The fourth-order valence-corrected chi connectivity index (χ4v) is 5.83. The lowest BCUT2D eigenvalue weighted by atomic mass is 10.0. The van der Waals surface area contributed by atoms with Crippen LogP contribution in [0.3, 0.4) is 0 Å². The molecule has 1 aromatic heterocycles. The molecule has 2 saturated heterocycles. The number of nitriles is 1. The molecule has 0 N–H and O–H groups in total. The molecule has 9 heteroatoms. The van der Waals surface area contributed by atoms with Crippen LogP contribution in [0.25, 0.3) is 6.08 Å². The van der Waals surface area contributed by atoms with E-state index in [1.165, 1.54) is 11.8 Å². The summed E-state index contributed by atoms with van der Waals surface area (Å²) in [6, 6.07) is 2.05. The first-order chi connectivity index (χ1) is 15.1. The molecule has 2 fully saturated rings. The minimum absolute atomic E-state index is 0.00752. The third kappa shape index (κ3) is 4.49. The molecule has 2 aliphatic heterocycles. The number of anilines is 1. The van der Waals surface area contributed by atoms with Crippen LogP contribution in [0.1, 0.15) is 57.7 Å². The van der Waals surface area contributed by atoms with Gasteiger partial charge in [0, 0.05) is 31.2 Å². The molecule has 2 aliphatic rings. The number of pyridine rings is 1. The van der Waals surface area contributed by atoms with E-state index in [9.17, 15) is 14.9 Å².